The molecule has 3 aromatic rings. The summed E-state index contributed by atoms with van der Waals surface area (Å²) in [6.45, 7) is -0.498. The van der Waals surface area contributed by atoms with Gasteiger partial charge in [0.1, 0.15) is 6.08 Å². The van der Waals surface area contributed by atoms with Crippen LogP contribution < -0.4 is 9.47 Å². The van der Waals surface area contributed by atoms with Gasteiger partial charge in [-0.3, -0.25) is 0 Å². The van der Waals surface area contributed by atoms with Crippen molar-refractivity contribution in [3.8, 4) is 11.5 Å². The zero-order valence-electron chi connectivity index (χ0n) is 32.5. The fraction of sp³-hybridized carbons (Fsp3) is 0.333. The van der Waals surface area contributed by atoms with E-state index in [4.69, 9.17) is 34.8 Å². The van der Waals surface area contributed by atoms with Gasteiger partial charge in [0.15, 0.2) is 11.5 Å². The molecule has 31 heavy (non-hydrogen) atoms. The molecule has 0 unspecified atom stereocenters. The van der Waals surface area contributed by atoms with E-state index in [2.05, 4.69) is 0 Å². The summed E-state index contributed by atoms with van der Waals surface area (Å²) in [6.07, 6.45) is -5.75. The Labute approximate surface area is 206 Å². The first-order valence-electron chi connectivity index (χ1n) is 17.8. The number of hydrogen-bond donors (Lipinski definition) is 0. The fourth-order valence-electron chi connectivity index (χ4n) is 3.40. The van der Waals surface area contributed by atoms with Crippen LogP contribution in [0.25, 0.3) is 0 Å². The van der Waals surface area contributed by atoms with Gasteiger partial charge in [0.05, 0.1) is 25.3 Å². The smallest absolute Gasteiger partial charge is 0.231 e. The van der Waals surface area contributed by atoms with Crippen LogP contribution in [0, 0.1) is 0 Å². The van der Waals surface area contributed by atoms with Crippen molar-refractivity contribution in [2.45, 2.75) is 31.4 Å². The SMILES string of the molecule is [2H]c1c([2H])c([2H])c(C([2H])(O[C@@H]2CCCN(CC([2H])([2H])c3c([2H])c([2H])c4c(c3[2H])OCO4)C2)c2c([2H])c([2H])c([2H])c([2H])c2[2H])c([2H])c1[2H]. The summed E-state index contributed by atoms with van der Waals surface area (Å²) < 4.78 is 152. The van der Waals surface area contributed by atoms with Crippen LogP contribution in [0.1, 0.15) is 57.5 Å². The second-order valence-electron chi connectivity index (χ2n) is 6.94. The largest absolute Gasteiger partial charge is 0.454 e. The summed E-state index contributed by atoms with van der Waals surface area (Å²) in [5.41, 5.74) is -1.89. The average Bonchev–Trinajstić information content (AvgIpc) is 3.51. The molecule has 0 aliphatic carbocycles. The number of piperidine rings is 1. The predicted molar refractivity (Wildman–Crippen MR) is 122 cm³/mol. The number of nitrogens with zero attached hydrogens (tertiary/aromatic N) is 1. The third-order valence-electron chi connectivity index (χ3n) is 4.83. The summed E-state index contributed by atoms with van der Waals surface area (Å²) >= 11 is 0. The van der Waals surface area contributed by atoms with Crippen molar-refractivity contribution in [3.05, 3.63) is 95.2 Å². The molecular weight excluding hydrogens is 386 g/mol. The molecule has 0 amide bonds. The lowest BCUT2D eigenvalue weighted by Gasteiger charge is -2.35. The van der Waals surface area contributed by atoms with E-state index in [1.165, 1.54) is 0 Å². The summed E-state index contributed by atoms with van der Waals surface area (Å²) in [4.78, 5) is 1.57. The minimum absolute atomic E-state index is 0.113. The third kappa shape index (κ3) is 4.92. The third-order valence-corrected chi connectivity index (χ3v) is 4.83. The Balaban J connectivity index is 1.56. The summed E-state index contributed by atoms with van der Waals surface area (Å²) in [7, 11) is 0. The molecule has 0 aromatic heterocycles. The van der Waals surface area contributed by atoms with Crippen molar-refractivity contribution in [2.24, 2.45) is 0 Å². The Kier molecular flexibility index (Phi) is 2.76. The Morgan fingerprint density at radius 1 is 1.00 bits per heavy atom. The van der Waals surface area contributed by atoms with E-state index in [0.29, 0.717) is 13.0 Å². The summed E-state index contributed by atoms with van der Waals surface area (Å²) in [6, 6.07) is -9.63. The minimum Gasteiger partial charge on any atom is -0.454 e. The summed E-state index contributed by atoms with van der Waals surface area (Å²) in [5.74, 6) is -0.251. The van der Waals surface area contributed by atoms with E-state index in [-0.39, 0.29) is 36.8 Å². The first kappa shape index (κ1) is 8.97. The lowest BCUT2D eigenvalue weighted by Crippen LogP contribution is -2.41. The van der Waals surface area contributed by atoms with E-state index in [1.54, 1.807) is 4.90 Å². The topological polar surface area (TPSA) is 30.9 Å². The lowest BCUT2D eigenvalue weighted by molar-refractivity contribution is -0.0330. The van der Waals surface area contributed by atoms with Gasteiger partial charge in [0, 0.05) is 15.8 Å². The van der Waals surface area contributed by atoms with Gasteiger partial charge in [0.2, 0.25) is 6.79 Å². The molecule has 0 radical (unpaired) electrons. The van der Waals surface area contributed by atoms with Crippen molar-refractivity contribution in [1.29, 1.82) is 0 Å². The van der Waals surface area contributed by atoms with Crippen LogP contribution in [0.5, 0.6) is 11.5 Å². The number of likely N-dealkylation sites (tertiary alicyclic amines) is 1. The van der Waals surface area contributed by atoms with E-state index >= 15 is 0 Å². The molecule has 1 saturated heterocycles. The van der Waals surface area contributed by atoms with Gasteiger partial charge in [-0.05, 0) is 54.5 Å². The number of benzene rings is 3. The van der Waals surface area contributed by atoms with Crippen molar-refractivity contribution >= 4 is 0 Å². The fourth-order valence-corrected chi connectivity index (χ4v) is 3.40. The molecule has 0 spiro atoms. The monoisotopic (exact) mass is 431 g/mol. The number of hydrogen-bond acceptors (Lipinski definition) is 4. The van der Waals surface area contributed by atoms with Crippen LogP contribution in [0.4, 0.5) is 0 Å². The van der Waals surface area contributed by atoms with Gasteiger partial charge in [0.25, 0.3) is 0 Å². The van der Waals surface area contributed by atoms with Crippen LogP contribution in [0.15, 0.2) is 78.6 Å². The highest BCUT2D eigenvalue weighted by Crippen LogP contribution is 2.33. The Hall–Kier alpha value is -2.82. The molecule has 1 fully saturated rings. The predicted octanol–water partition coefficient (Wildman–Crippen LogP) is 5.23. The van der Waals surface area contributed by atoms with Crippen molar-refractivity contribution in [3.63, 3.8) is 0 Å². The van der Waals surface area contributed by atoms with Crippen molar-refractivity contribution < 1.29 is 36.1 Å². The van der Waals surface area contributed by atoms with E-state index in [0.717, 1.165) is 0 Å². The van der Waals surface area contributed by atoms with Crippen LogP contribution in [-0.2, 0) is 11.1 Å². The second kappa shape index (κ2) is 9.54. The van der Waals surface area contributed by atoms with Gasteiger partial charge in [-0.1, -0.05) is 66.5 Å². The molecule has 3 aromatic carbocycles. The lowest BCUT2D eigenvalue weighted by atomic mass is 10.00. The standard InChI is InChI=1S/C27H29NO3/c1-3-8-22(9-4-1)27(23-10-5-2-6-11-23)31-24-12-7-16-28(19-24)17-15-21-13-14-25-26(18-21)30-20-29-25/h1-6,8-11,13-14,18,24,27H,7,12,15-17,19-20H2/t24-/m1/s1/i1D,2D,3D,4D,5D,6D,8D,9D,10D,11D,13D,14D,15D2,18D,27D. The number of ether oxygens (including phenoxy) is 3. The molecule has 160 valence electrons. The first-order chi connectivity index (χ1) is 21.8. The molecule has 1 atom stereocenters. The number of rotatable bonds is 7. The van der Waals surface area contributed by atoms with E-state index in [9.17, 15) is 1.37 Å². The average molecular weight is 432 g/mol. The first-order valence-corrected chi connectivity index (χ1v) is 9.79. The Morgan fingerprint density at radius 2 is 1.71 bits per heavy atom. The van der Waals surface area contributed by atoms with Gasteiger partial charge in [-0.25, -0.2) is 0 Å². The van der Waals surface area contributed by atoms with Crippen LogP contribution in [0.2, 0.25) is 0 Å². The maximum atomic E-state index is 9.51. The molecule has 2 aliphatic rings. The van der Waals surface area contributed by atoms with Gasteiger partial charge in [-0.2, -0.15) is 0 Å². The van der Waals surface area contributed by atoms with Crippen LogP contribution in [-0.4, -0.2) is 37.4 Å². The van der Waals surface area contributed by atoms with Gasteiger partial charge >= 0.3 is 0 Å². The zero-order chi connectivity index (χ0) is 34.9. The maximum absolute atomic E-state index is 9.51. The zero-order valence-corrected chi connectivity index (χ0v) is 16.5. The molecule has 0 N–H and O–H groups in total. The molecule has 0 saturated carbocycles. The van der Waals surface area contributed by atoms with Crippen LogP contribution >= 0.6 is 0 Å². The van der Waals surface area contributed by atoms with Crippen molar-refractivity contribution in [1.82, 2.24) is 4.90 Å². The minimum atomic E-state index is -2.91. The van der Waals surface area contributed by atoms with Gasteiger partial charge in [-0.15, -0.1) is 0 Å². The van der Waals surface area contributed by atoms with Crippen molar-refractivity contribution in [2.75, 3.05) is 26.4 Å². The normalized spacial score (nSPS) is 26.5. The van der Waals surface area contributed by atoms with E-state index in [1.807, 2.05) is 0 Å². The quantitative estimate of drug-likeness (QED) is 0.513. The molecule has 2 aliphatic heterocycles. The molecule has 4 nitrogen and oxygen atoms in total. The number of fused-ring (bicyclic) bond motifs is 1. The summed E-state index contributed by atoms with van der Waals surface area (Å²) in [5, 5.41) is 0. The molecule has 2 heterocycles. The van der Waals surface area contributed by atoms with Gasteiger partial charge < -0.3 is 19.1 Å². The molecule has 0 bridgehead atoms. The highest BCUT2D eigenvalue weighted by Gasteiger charge is 2.25. The highest BCUT2D eigenvalue weighted by atomic mass is 16.7. The molecular formula is C27H29NO3. The second-order valence-corrected chi connectivity index (χ2v) is 6.94. The molecule has 5 rings (SSSR count). The highest BCUT2D eigenvalue weighted by molar-refractivity contribution is 5.44. The Bertz CT molecular complexity index is 1660. The Morgan fingerprint density at radius 3 is 2.45 bits per heavy atom. The van der Waals surface area contributed by atoms with Crippen LogP contribution in [0.3, 0.4) is 0 Å². The maximum Gasteiger partial charge on any atom is 0.231 e. The van der Waals surface area contributed by atoms with E-state index < -0.39 is 115 Å². The molecule has 4 heteroatoms.